The van der Waals surface area contributed by atoms with Crippen molar-refractivity contribution in [2.45, 2.75) is 39.7 Å². The molecule has 1 aromatic rings. The summed E-state index contributed by atoms with van der Waals surface area (Å²) in [6, 6.07) is 0.499. The van der Waals surface area contributed by atoms with Gasteiger partial charge in [0.2, 0.25) is 0 Å². The van der Waals surface area contributed by atoms with Crippen molar-refractivity contribution in [3.8, 4) is 0 Å². The minimum atomic E-state index is 0.499. The Morgan fingerprint density at radius 3 is 2.80 bits per heavy atom. The number of anilines is 2. The number of hydrogen-bond donors (Lipinski definition) is 2. The topological polar surface area (TPSA) is 53.1 Å². The maximum Gasteiger partial charge on any atom is 0.134 e. The zero-order valence-electron chi connectivity index (χ0n) is 13.1. The van der Waals surface area contributed by atoms with Gasteiger partial charge in [0.25, 0.3) is 0 Å². The Kier molecular flexibility index (Phi) is 5.17. The zero-order valence-corrected chi connectivity index (χ0v) is 13.1. The first-order chi connectivity index (χ1) is 9.61. The Bertz CT molecular complexity index is 434. The van der Waals surface area contributed by atoms with Crippen molar-refractivity contribution in [1.29, 1.82) is 0 Å². The van der Waals surface area contributed by atoms with E-state index in [1.54, 1.807) is 6.33 Å². The molecule has 112 valence electrons. The first-order valence-electron chi connectivity index (χ1n) is 7.62. The maximum atomic E-state index is 4.42. The molecule has 1 aliphatic heterocycles. The van der Waals surface area contributed by atoms with Crippen LogP contribution in [0.5, 0.6) is 0 Å². The molecule has 1 saturated heterocycles. The standard InChI is InChI=1S/C15H27N5/c1-5-7-16-14-12(3)15(18-10-17-14)19-13-6-8-20(4)9-11(13)2/h10-11,13H,5-9H2,1-4H3,(H2,16,17,18,19). The third-order valence-electron chi connectivity index (χ3n) is 4.06. The van der Waals surface area contributed by atoms with Gasteiger partial charge in [-0.2, -0.15) is 0 Å². The second-order valence-corrected chi connectivity index (χ2v) is 5.90. The Morgan fingerprint density at radius 2 is 2.10 bits per heavy atom. The van der Waals surface area contributed by atoms with Gasteiger partial charge in [0.1, 0.15) is 18.0 Å². The summed E-state index contributed by atoms with van der Waals surface area (Å²) in [7, 11) is 2.19. The van der Waals surface area contributed by atoms with Crippen molar-refractivity contribution in [3.63, 3.8) is 0 Å². The first kappa shape index (κ1) is 15.0. The van der Waals surface area contributed by atoms with Gasteiger partial charge in [-0.25, -0.2) is 9.97 Å². The fourth-order valence-electron chi connectivity index (χ4n) is 2.76. The first-order valence-corrected chi connectivity index (χ1v) is 7.62. The highest BCUT2D eigenvalue weighted by atomic mass is 15.1. The maximum absolute atomic E-state index is 4.42. The van der Waals surface area contributed by atoms with Crippen LogP contribution >= 0.6 is 0 Å². The lowest BCUT2D eigenvalue weighted by atomic mass is 9.94. The van der Waals surface area contributed by atoms with Gasteiger partial charge >= 0.3 is 0 Å². The monoisotopic (exact) mass is 277 g/mol. The predicted molar refractivity (Wildman–Crippen MR) is 84.2 cm³/mol. The lowest BCUT2D eigenvalue weighted by Crippen LogP contribution is -2.43. The third kappa shape index (κ3) is 3.60. The molecule has 1 fully saturated rings. The fourth-order valence-corrected chi connectivity index (χ4v) is 2.76. The van der Waals surface area contributed by atoms with Crippen molar-refractivity contribution in [2.24, 2.45) is 5.92 Å². The van der Waals surface area contributed by atoms with Crippen LogP contribution in [0.3, 0.4) is 0 Å². The summed E-state index contributed by atoms with van der Waals surface area (Å²) in [6.45, 7) is 9.78. The van der Waals surface area contributed by atoms with Crippen LogP contribution in [0.4, 0.5) is 11.6 Å². The molecule has 1 aromatic heterocycles. The molecular formula is C15H27N5. The highest BCUT2D eigenvalue weighted by Gasteiger charge is 2.24. The van der Waals surface area contributed by atoms with Crippen LogP contribution in [0.1, 0.15) is 32.3 Å². The SMILES string of the molecule is CCCNc1ncnc(NC2CCN(C)CC2C)c1C. The molecule has 2 unspecified atom stereocenters. The minimum Gasteiger partial charge on any atom is -0.370 e. The van der Waals surface area contributed by atoms with E-state index >= 15 is 0 Å². The number of aromatic nitrogens is 2. The average molecular weight is 277 g/mol. The van der Waals surface area contributed by atoms with E-state index in [4.69, 9.17) is 0 Å². The van der Waals surface area contributed by atoms with Gasteiger partial charge in [-0.05, 0) is 39.3 Å². The van der Waals surface area contributed by atoms with Crippen molar-refractivity contribution in [3.05, 3.63) is 11.9 Å². The summed E-state index contributed by atoms with van der Waals surface area (Å²) in [5.41, 5.74) is 1.12. The van der Waals surface area contributed by atoms with Crippen LogP contribution in [0.15, 0.2) is 6.33 Å². The molecule has 2 atom stereocenters. The van der Waals surface area contributed by atoms with E-state index in [0.29, 0.717) is 12.0 Å². The summed E-state index contributed by atoms with van der Waals surface area (Å²) in [4.78, 5) is 11.1. The highest BCUT2D eigenvalue weighted by molar-refractivity contribution is 5.56. The van der Waals surface area contributed by atoms with Gasteiger partial charge in [-0.1, -0.05) is 13.8 Å². The molecule has 20 heavy (non-hydrogen) atoms. The summed E-state index contributed by atoms with van der Waals surface area (Å²) >= 11 is 0. The predicted octanol–water partition coefficient (Wildman–Crippen LogP) is 2.36. The van der Waals surface area contributed by atoms with Crippen LogP contribution in [-0.2, 0) is 0 Å². The van der Waals surface area contributed by atoms with E-state index in [2.05, 4.69) is 53.3 Å². The van der Waals surface area contributed by atoms with Crippen LogP contribution in [-0.4, -0.2) is 47.6 Å². The lowest BCUT2D eigenvalue weighted by molar-refractivity contribution is 0.206. The molecule has 2 N–H and O–H groups in total. The number of rotatable bonds is 5. The van der Waals surface area contributed by atoms with Crippen LogP contribution < -0.4 is 10.6 Å². The molecule has 2 rings (SSSR count). The summed E-state index contributed by atoms with van der Waals surface area (Å²) in [5.74, 6) is 2.56. The van der Waals surface area contributed by atoms with E-state index < -0.39 is 0 Å². The van der Waals surface area contributed by atoms with Crippen molar-refractivity contribution in [1.82, 2.24) is 14.9 Å². The van der Waals surface area contributed by atoms with Gasteiger partial charge in [-0.3, -0.25) is 0 Å². The summed E-state index contributed by atoms with van der Waals surface area (Å²) in [5, 5.41) is 6.98. The average Bonchev–Trinajstić information content (AvgIpc) is 2.42. The second kappa shape index (κ2) is 6.88. The molecule has 0 aromatic carbocycles. The van der Waals surface area contributed by atoms with Gasteiger partial charge in [0.05, 0.1) is 0 Å². The number of hydrogen-bond acceptors (Lipinski definition) is 5. The molecule has 5 nitrogen and oxygen atoms in total. The van der Waals surface area contributed by atoms with Gasteiger partial charge in [0, 0.05) is 24.7 Å². The molecule has 0 aliphatic carbocycles. The second-order valence-electron chi connectivity index (χ2n) is 5.90. The molecule has 0 radical (unpaired) electrons. The van der Waals surface area contributed by atoms with E-state index in [9.17, 15) is 0 Å². The smallest absolute Gasteiger partial charge is 0.134 e. The summed E-state index contributed by atoms with van der Waals surface area (Å²) in [6.07, 6.45) is 3.91. The Balaban J connectivity index is 2.05. The van der Waals surface area contributed by atoms with Crippen LogP contribution in [0, 0.1) is 12.8 Å². The van der Waals surface area contributed by atoms with Crippen molar-refractivity contribution < 1.29 is 0 Å². The largest absolute Gasteiger partial charge is 0.370 e. The number of likely N-dealkylation sites (tertiary alicyclic amines) is 1. The third-order valence-corrected chi connectivity index (χ3v) is 4.06. The number of nitrogens with zero attached hydrogens (tertiary/aromatic N) is 3. The van der Waals surface area contributed by atoms with Crippen molar-refractivity contribution >= 4 is 11.6 Å². The number of nitrogens with one attached hydrogen (secondary N) is 2. The zero-order chi connectivity index (χ0) is 14.5. The Morgan fingerprint density at radius 1 is 1.35 bits per heavy atom. The van der Waals surface area contributed by atoms with Gasteiger partial charge in [-0.15, -0.1) is 0 Å². The van der Waals surface area contributed by atoms with Crippen LogP contribution in [0.25, 0.3) is 0 Å². The normalized spacial score (nSPS) is 23.6. The molecule has 2 heterocycles. The van der Waals surface area contributed by atoms with Crippen molar-refractivity contribution in [2.75, 3.05) is 37.3 Å². The van der Waals surface area contributed by atoms with E-state index in [1.165, 1.54) is 6.42 Å². The number of piperidine rings is 1. The molecule has 0 saturated carbocycles. The minimum absolute atomic E-state index is 0.499. The molecule has 0 bridgehead atoms. The Labute approximate surface area is 122 Å². The fraction of sp³-hybridized carbons (Fsp3) is 0.733. The molecule has 5 heteroatoms. The van der Waals surface area contributed by atoms with E-state index in [-0.39, 0.29) is 0 Å². The van der Waals surface area contributed by atoms with Crippen LogP contribution in [0.2, 0.25) is 0 Å². The Hall–Kier alpha value is -1.36. The quantitative estimate of drug-likeness (QED) is 0.865. The van der Waals surface area contributed by atoms with Gasteiger partial charge < -0.3 is 15.5 Å². The molecule has 1 aliphatic rings. The molecule has 0 amide bonds. The van der Waals surface area contributed by atoms with E-state index in [0.717, 1.165) is 43.3 Å². The van der Waals surface area contributed by atoms with E-state index in [1.807, 2.05) is 0 Å². The summed E-state index contributed by atoms with van der Waals surface area (Å²) < 4.78 is 0. The molecular weight excluding hydrogens is 250 g/mol. The lowest BCUT2D eigenvalue weighted by Gasteiger charge is -2.35. The van der Waals surface area contributed by atoms with Gasteiger partial charge in [0.15, 0.2) is 0 Å². The molecule has 0 spiro atoms. The highest BCUT2D eigenvalue weighted by Crippen LogP contribution is 2.23.